The van der Waals surface area contributed by atoms with E-state index in [4.69, 9.17) is 11.3 Å². The Bertz CT molecular complexity index is 401. The van der Waals surface area contributed by atoms with Crippen LogP contribution in [0.5, 0.6) is 0 Å². The van der Waals surface area contributed by atoms with Gasteiger partial charge in [-0.05, 0) is 10.4 Å². The molecule has 0 atom stereocenters. The van der Waals surface area contributed by atoms with Crippen molar-refractivity contribution in [1.29, 1.82) is 5.41 Å². The third-order valence-corrected chi connectivity index (χ3v) is 1.36. The Morgan fingerprint density at radius 3 is 3.00 bits per heavy atom. The number of nitrogens with zero attached hydrogens (tertiary/aromatic N) is 5. The van der Waals surface area contributed by atoms with Gasteiger partial charge in [0.1, 0.15) is 0 Å². The van der Waals surface area contributed by atoms with E-state index in [1.807, 2.05) is 0 Å². The van der Waals surface area contributed by atoms with Crippen LogP contribution in [0.3, 0.4) is 0 Å². The van der Waals surface area contributed by atoms with Crippen LogP contribution in [0.4, 0.5) is 0 Å². The molecule has 1 aliphatic rings. The Balaban J connectivity index is 2.51. The van der Waals surface area contributed by atoms with Crippen LogP contribution < -0.4 is 27.8 Å². The zero-order chi connectivity index (χ0) is 9.26. The highest BCUT2D eigenvalue weighted by Gasteiger charge is 2.13. The summed E-state index contributed by atoms with van der Waals surface area (Å²) in [4.78, 5) is 0.796. The fourth-order valence-electron chi connectivity index (χ4n) is 0.779. The van der Waals surface area contributed by atoms with E-state index < -0.39 is 0 Å². The minimum atomic E-state index is -0.0910. The molecule has 0 unspecified atom stereocenters. The minimum absolute atomic E-state index is 0.0910. The molecular weight excluding hydrogens is 176 g/mol. The molecule has 1 aromatic heterocycles. The molecule has 10 nitrogen and oxygen atoms in total. The van der Waals surface area contributed by atoms with E-state index in [2.05, 4.69) is 37.1 Å². The maximum absolute atomic E-state index is 7.46. The highest BCUT2D eigenvalue weighted by molar-refractivity contribution is 5.96. The maximum Gasteiger partial charge on any atom is 0.197 e. The van der Waals surface area contributed by atoms with Gasteiger partial charge in [-0.3, -0.25) is 10.8 Å². The first-order valence-electron chi connectivity index (χ1n) is 3.25. The van der Waals surface area contributed by atoms with Crippen molar-refractivity contribution in [2.75, 3.05) is 5.84 Å². The molecule has 0 spiro atoms. The summed E-state index contributed by atoms with van der Waals surface area (Å²) in [6.45, 7) is 0. The van der Waals surface area contributed by atoms with Crippen LogP contribution in [0.15, 0.2) is 5.10 Å². The van der Waals surface area contributed by atoms with Crippen molar-refractivity contribution in [3.63, 3.8) is 0 Å². The Hall–Kier alpha value is -2.23. The predicted molar refractivity (Wildman–Crippen MR) is 39.8 cm³/mol. The highest BCUT2D eigenvalue weighted by atomic mass is 15.8. The summed E-state index contributed by atoms with van der Waals surface area (Å²) in [7, 11) is 0. The van der Waals surface area contributed by atoms with E-state index in [9.17, 15) is 0 Å². The fraction of sp³-hybridized carbons (Fsp3) is 0. The van der Waals surface area contributed by atoms with Gasteiger partial charge in [-0.1, -0.05) is 0 Å². The van der Waals surface area contributed by atoms with Gasteiger partial charge in [-0.25, -0.2) is 5.53 Å². The summed E-state index contributed by atoms with van der Waals surface area (Å²) in [5.74, 6) is 5.61. The molecule has 0 fully saturated rings. The molecule has 0 aliphatic carbocycles. The summed E-state index contributed by atoms with van der Waals surface area (Å²) in [5, 5.41) is 21.5. The van der Waals surface area contributed by atoms with Crippen LogP contribution in [-0.4, -0.2) is 26.2 Å². The average Bonchev–Trinajstić information content (AvgIpc) is 2.62. The zero-order valence-corrected chi connectivity index (χ0v) is 6.31. The molecule has 6 N–H and O–H groups in total. The molecule has 2 heterocycles. The largest absolute Gasteiger partial charge is 0.320 e. The number of hydrazone groups is 1. The van der Waals surface area contributed by atoms with Crippen molar-refractivity contribution in [2.24, 2.45) is 5.10 Å². The Morgan fingerprint density at radius 2 is 2.31 bits per heavy atom. The van der Waals surface area contributed by atoms with Gasteiger partial charge in [0.15, 0.2) is 17.0 Å². The first-order valence-corrected chi connectivity index (χ1v) is 3.25. The lowest BCUT2D eigenvalue weighted by atomic mass is 10.4. The Labute approximate surface area is 71.2 Å². The van der Waals surface area contributed by atoms with Gasteiger partial charge >= 0.3 is 0 Å². The van der Waals surface area contributed by atoms with E-state index >= 15 is 0 Å². The number of amidine groups is 1. The van der Waals surface area contributed by atoms with Crippen molar-refractivity contribution in [3.05, 3.63) is 11.2 Å². The molecular formula is C3H6N10. The molecule has 0 saturated carbocycles. The van der Waals surface area contributed by atoms with E-state index in [1.165, 1.54) is 0 Å². The predicted octanol–water partition coefficient (Wildman–Crippen LogP) is -3.86. The third-order valence-electron chi connectivity index (χ3n) is 1.36. The van der Waals surface area contributed by atoms with Crippen molar-refractivity contribution in [2.45, 2.75) is 0 Å². The van der Waals surface area contributed by atoms with Gasteiger partial charge < -0.3 is 5.84 Å². The van der Waals surface area contributed by atoms with E-state index in [-0.39, 0.29) is 11.2 Å². The summed E-state index contributed by atoms with van der Waals surface area (Å²) in [5.41, 5.74) is 7.64. The first-order chi connectivity index (χ1) is 6.29. The van der Waals surface area contributed by atoms with Crippen molar-refractivity contribution < 1.29 is 0 Å². The molecule has 0 radical (unpaired) electrons. The lowest BCUT2D eigenvalue weighted by Crippen LogP contribution is -2.42. The van der Waals surface area contributed by atoms with Crippen LogP contribution in [-0.2, 0) is 0 Å². The zero-order valence-electron chi connectivity index (χ0n) is 6.31. The van der Waals surface area contributed by atoms with Crippen molar-refractivity contribution in [1.82, 2.24) is 36.8 Å². The van der Waals surface area contributed by atoms with Gasteiger partial charge in [0.05, 0.1) is 0 Å². The number of hydrazine groups is 2. The van der Waals surface area contributed by atoms with Gasteiger partial charge in [0, 0.05) is 0 Å². The fourth-order valence-corrected chi connectivity index (χ4v) is 0.779. The Morgan fingerprint density at radius 1 is 1.46 bits per heavy atom. The minimum Gasteiger partial charge on any atom is -0.320 e. The molecule has 0 aromatic carbocycles. The second-order valence-corrected chi connectivity index (χ2v) is 2.14. The second-order valence-electron chi connectivity index (χ2n) is 2.14. The normalized spacial score (nSPS) is 14.6. The topological polar surface area (TPSA) is 142 Å². The smallest absolute Gasteiger partial charge is 0.197 e. The van der Waals surface area contributed by atoms with Crippen LogP contribution in [0.1, 0.15) is 5.69 Å². The average molecular weight is 182 g/mol. The third kappa shape index (κ3) is 1.14. The lowest BCUT2D eigenvalue weighted by Gasteiger charge is -1.99. The lowest BCUT2D eigenvalue weighted by molar-refractivity contribution is 0.575. The number of nitrogens with one attached hydrogen (secondary N) is 4. The van der Waals surface area contributed by atoms with E-state index in [0.29, 0.717) is 5.84 Å². The second kappa shape index (κ2) is 2.67. The van der Waals surface area contributed by atoms with Gasteiger partial charge in [-0.2, -0.15) is 0 Å². The molecule has 1 aromatic rings. The van der Waals surface area contributed by atoms with Crippen molar-refractivity contribution >= 4 is 5.84 Å². The van der Waals surface area contributed by atoms with Crippen LogP contribution in [0.25, 0.3) is 0 Å². The van der Waals surface area contributed by atoms with Gasteiger partial charge in [0.25, 0.3) is 0 Å². The van der Waals surface area contributed by atoms with Gasteiger partial charge in [-0.15, -0.1) is 20.5 Å². The number of rotatable bonds is 1. The number of hydrogen-bond donors (Lipinski definition) is 5. The summed E-state index contributed by atoms with van der Waals surface area (Å²) >= 11 is 0. The van der Waals surface area contributed by atoms with E-state index in [0.717, 1.165) is 4.79 Å². The first kappa shape index (κ1) is 7.42. The summed E-state index contributed by atoms with van der Waals surface area (Å²) < 4.78 is 0. The molecule has 0 saturated heterocycles. The quantitative estimate of drug-likeness (QED) is 0.280. The summed E-state index contributed by atoms with van der Waals surface area (Å²) in [6, 6.07) is 0. The maximum atomic E-state index is 7.46. The number of nitrogen functional groups attached to an aromatic ring is 1. The standard InChI is InChI=1S/C3H6N10/c4-2-1(3-7-9-10-8-3)6-11-12-13(2)5/h4,9-10H,5H2,(H,7,8). The number of aromatic nitrogens is 4. The SMILES string of the molecule is N=c1c(C2=NNNN2)nnnn1N. The molecule has 13 heavy (non-hydrogen) atoms. The van der Waals surface area contributed by atoms with E-state index in [1.54, 1.807) is 0 Å². The summed E-state index contributed by atoms with van der Waals surface area (Å²) in [6.07, 6.45) is 0. The molecule has 2 rings (SSSR count). The van der Waals surface area contributed by atoms with Gasteiger partial charge in [0.2, 0.25) is 0 Å². The molecule has 0 amide bonds. The molecule has 0 bridgehead atoms. The highest BCUT2D eigenvalue weighted by Crippen LogP contribution is 1.83. The molecule has 68 valence electrons. The number of hydrogen-bond acceptors (Lipinski definition) is 9. The molecule has 10 heteroatoms. The molecule has 1 aliphatic heterocycles. The van der Waals surface area contributed by atoms with Crippen LogP contribution in [0.2, 0.25) is 0 Å². The monoisotopic (exact) mass is 182 g/mol. The van der Waals surface area contributed by atoms with Crippen molar-refractivity contribution in [3.8, 4) is 0 Å². The number of nitrogens with two attached hydrogens (primary N) is 1. The van der Waals surface area contributed by atoms with Crippen LogP contribution in [0, 0.1) is 5.41 Å². The Kier molecular flexibility index (Phi) is 1.53. The van der Waals surface area contributed by atoms with Crippen LogP contribution >= 0.6 is 0 Å².